The molecule has 20 heavy (non-hydrogen) atoms. The molecule has 2 nitrogen and oxygen atoms in total. The second kappa shape index (κ2) is 6.62. The van der Waals surface area contributed by atoms with E-state index in [1.807, 2.05) is 36.5 Å². The van der Waals surface area contributed by atoms with E-state index in [4.69, 9.17) is 0 Å². The number of benzene rings is 2. The van der Waals surface area contributed by atoms with Gasteiger partial charge in [-0.2, -0.15) is 0 Å². The van der Waals surface area contributed by atoms with Crippen molar-refractivity contribution in [3.05, 3.63) is 78.0 Å². The Bertz CT molecular complexity index is 627. The summed E-state index contributed by atoms with van der Waals surface area (Å²) in [6, 6.07) is 16.4. The highest BCUT2D eigenvalue weighted by molar-refractivity contribution is 5.67. The second-order valence-electron chi connectivity index (χ2n) is 4.70. The third kappa shape index (κ3) is 3.29. The maximum atomic E-state index is 3.81. The van der Waals surface area contributed by atoms with Crippen molar-refractivity contribution >= 4 is 17.3 Å². The normalized spacial score (nSPS) is 11.0. The first-order chi connectivity index (χ1) is 9.72. The van der Waals surface area contributed by atoms with Gasteiger partial charge >= 0.3 is 0 Å². The van der Waals surface area contributed by atoms with Crippen molar-refractivity contribution in [2.45, 2.75) is 13.8 Å². The van der Waals surface area contributed by atoms with E-state index in [0.717, 1.165) is 11.3 Å². The van der Waals surface area contributed by atoms with Crippen LogP contribution < -0.4 is 10.9 Å². The molecule has 0 spiro atoms. The number of anilines is 1. The van der Waals surface area contributed by atoms with Gasteiger partial charge in [0.15, 0.2) is 0 Å². The molecule has 0 aliphatic carbocycles. The summed E-state index contributed by atoms with van der Waals surface area (Å²) < 4.78 is 0. The first-order valence-corrected chi connectivity index (χ1v) is 6.68. The fourth-order valence-electron chi connectivity index (χ4n) is 2.10. The van der Waals surface area contributed by atoms with Gasteiger partial charge in [-0.15, -0.1) is 0 Å². The highest BCUT2D eigenvalue weighted by atomic mass is 15.3. The Morgan fingerprint density at radius 3 is 2.50 bits per heavy atom. The summed E-state index contributed by atoms with van der Waals surface area (Å²) in [7, 11) is 0. The highest BCUT2D eigenvalue weighted by Crippen LogP contribution is 2.18. The van der Waals surface area contributed by atoms with Crippen LogP contribution in [0.2, 0.25) is 0 Å². The average Bonchev–Trinajstić information content (AvgIpc) is 2.48. The number of rotatable bonds is 5. The van der Waals surface area contributed by atoms with Crippen LogP contribution in [0, 0.1) is 6.92 Å². The molecule has 0 amide bonds. The molecule has 0 saturated heterocycles. The van der Waals surface area contributed by atoms with Gasteiger partial charge in [-0.05, 0) is 42.2 Å². The maximum Gasteiger partial charge on any atom is 0.0611 e. The first kappa shape index (κ1) is 13.9. The van der Waals surface area contributed by atoms with E-state index in [-0.39, 0.29) is 0 Å². The van der Waals surface area contributed by atoms with Crippen molar-refractivity contribution in [2.24, 2.45) is 0 Å². The van der Waals surface area contributed by atoms with E-state index in [2.05, 4.69) is 55.5 Å². The van der Waals surface area contributed by atoms with Crippen LogP contribution in [0.1, 0.15) is 23.6 Å². The van der Waals surface area contributed by atoms with Crippen LogP contribution >= 0.6 is 0 Å². The van der Waals surface area contributed by atoms with Crippen LogP contribution in [-0.4, -0.2) is 0 Å². The minimum atomic E-state index is 1.01. The van der Waals surface area contributed by atoms with Crippen LogP contribution in [0.3, 0.4) is 0 Å². The van der Waals surface area contributed by atoms with Crippen molar-refractivity contribution in [1.82, 2.24) is 5.43 Å². The molecule has 2 aromatic rings. The zero-order valence-electron chi connectivity index (χ0n) is 12.0. The second-order valence-corrected chi connectivity index (χ2v) is 4.70. The Kier molecular flexibility index (Phi) is 4.61. The molecule has 102 valence electrons. The van der Waals surface area contributed by atoms with Crippen LogP contribution in [0.4, 0.5) is 5.69 Å². The zero-order chi connectivity index (χ0) is 14.4. The van der Waals surface area contributed by atoms with Crippen molar-refractivity contribution in [3.63, 3.8) is 0 Å². The average molecular weight is 264 g/mol. The summed E-state index contributed by atoms with van der Waals surface area (Å²) in [6.07, 6.45) is 3.81. The van der Waals surface area contributed by atoms with Crippen molar-refractivity contribution in [1.29, 1.82) is 0 Å². The van der Waals surface area contributed by atoms with Crippen LogP contribution in [0.5, 0.6) is 0 Å². The fraction of sp³-hybridized carbons (Fsp3) is 0.111. The van der Waals surface area contributed by atoms with Crippen molar-refractivity contribution in [3.8, 4) is 0 Å². The molecular formula is C18H20N2. The predicted molar refractivity (Wildman–Crippen MR) is 88.1 cm³/mol. The monoisotopic (exact) mass is 264 g/mol. The van der Waals surface area contributed by atoms with Crippen LogP contribution in [-0.2, 0) is 0 Å². The summed E-state index contributed by atoms with van der Waals surface area (Å²) in [6.45, 7) is 8.02. The minimum Gasteiger partial charge on any atom is -0.308 e. The largest absolute Gasteiger partial charge is 0.308 e. The molecule has 0 saturated carbocycles. The smallest absolute Gasteiger partial charge is 0.0611 e. The van der Waals surface area contributed by atoms with E-state index >= 15 is 0 Å². The number of hydrogen-bond acceptors (Lipinski definition) is 2. The van der Waals surface area contributed by atoms with Gasteiger partial charge in [-0.1, -0.05) is 55.1 Å². The standard InChI is InChI=1S/C18H20N2/c1-4-16-10-6-8-12-18(16)20-19-13-15(3)17-11-7-5-9-14(17)2/h4-13,19-20H,1H2,2-3H3/b15-13-. The fourth-order valence-corrected chi connectivity index (χ4v) is 2.10. The Morgan fingerprint density at radius 2 is 1.75 bits per heavy atom. The number of hydrazine groups is 1. The van der Waals surface area contributed by atoms with Gasteiger partial charge in [0.25, 0.3) is 0 Å². The van der Waals surface area contributed by atoms with Gasteiger partial charge in [0.05, 0.1) is 5.69 Å². The molecule has 0 bridgehead atoms. The molecule has 0 aliphatic rings. The van der Waals surface area contributed by atoms with E-state index in [9.17, 15) is 0 Å². The lowest BCUT2D eigenvalue weighted by atomic mass is 10.0. The van der Waals surface area contributed by atoms with E-state index in [0.29, 0.717) is 0 Å². The summed E-state index contributed by atoms with van der Waals surface area (Å²) in [5.41, 5.74) is 12.1. The Balaban J connectivity index is 2.07. The topological polar surface area (TPSA) is 24.1 Å². The lowest BCUT2D eigenvalue weighted by Crippen LogP contribution is -2.15. The quantitative estimate of drug-likeness (QED) is 0.770. The molecule has 0 aromatic heterocycles. The summed E-state index contributed by atoms with van der Waals surface area (Å²) in [5, 5.41) is 0. The maximum absolute atomic E-state index is 3.81. The van der Waals surface area contributed by atoms with E-state index in [1.165, 1.54) is 16.7 Å². The summed E-state index contributed by atoms with van der Waals surface area (Å²) in [4.78, 5) is 0. The van der Waals surface area contributed by atoms with Crippen LogP contribution in [0.15, 0.2) is 61.3 Å². The number of aryl methyl sites for hydroxylation is 1. The predicted octanol–water partition coefficient (Wildman–Crippen LogP) is 4.62. The van der Waals surface area contributed by atoms with Gasteiger partial charge in [0.2, 0.25) is 0 Å². The lowest BCUT2D eigenvalue weighted by Gasteiger charge is -2.11. The number of hydrogen-bond donors (Lipinski definition) is 2. The zero-order valence-corrected chi connectivity index (χ0v) is 12.0. The molecule has 2 rings (SSSR count). The Morgan fingerprint density at radius 1 is 1.05 bits per heavy atom. The minimum absolute atomic E-state index is 1.01. The summed E-state index contributed by atoms with van der Waals surface area (Å²) in [5.74, 6) is 0. The molecule has 2 aromatic carbocycles. The number of nitrogens with one attached hydrogen (secondary N) is 2. The van der Waals surface area contributed by atoms with E-state index < -0.39 is 0 Å². The van der Waals surface area contributed by atoms with Gasteiger partial charge in [-0.3, -0.25) is 0 Å². The number of allylic oxidation sites excluding steroid dienone is 1. The number of para-hydroxylation sites is 1. The SMILES string of the molecule is C=Cc1ccccc1NN/C=C(/C)c1ccccc1C. The molecule has 0 unspecified atom stereocenters. The third-order valence-electron chi connectivity index (χ3n) is 3.25. The van der Waals surface area contributed by atoms with Gasteiger partial charge in [0, 0.05) is 6.20 Å². The molecular weight excluding hydrogens is 244 g/mol. The first-order valence-electron chi connectivity index (χ1n) is 6.68. The molecule has 0 atom stereocenters. The lowest BCUT2D eigenvalue weighted by molar-refractivity contribution is 1.06. The van der Waals surface area contributed by atoms with Crippen molar-refractivity contribution in [2.75, 3.05) is 5.43 Å². The van der Waals surface area contributed by atoms with Crippen molar-refractivity contribution < 1.29 is 0 Å². The molecule has 0 heterocycles. The molecule has 0 radical (unpaired) electrons. The Labute approximate surface area is 120 Å². The van der Waals surface area contributed by atoms with Gasteiger partial charge in [-0.25, -0.2) is 0 Å². The van der Waals surface area contributed by atoms with Gasteiger partial charge < -0.3 is 10.9 Å². The third-order valence-corrected chi connectivity index (χ3v) is 3.25. The van der Waals surface area contributed by atoms with E-state index in [1.54, 1.807) is 0 Å². The van der Waals surface area contributed by atoms with Crippen LogP contribution in [0.25, 0.3) is 11.6 Å². The Hall–Kier alpha value is -2.48. The molecule has 0 fully saturated rings. The highest BCUT2D eigenvalue weighted by Gasteiger charge is 1.99. The van der Waals surface area contributed by atoms with Gasteiger partial charge in [0.1, 0.15) is 0 Å². The molecule has 2 N–H and O–H groups in total. The summed E-state index contributed by atoms with van der Waals surface area (Å²) >= 11 is 0. The molecule has 0 aliphatic heterocycles. The molecule has 2 heteroatoms.